The minimum Gasteiger partial charge on any atom is -0.394 e. The highest BCUT2D eigenvalue weighted by molar-refractivity contribution is 5.77. The van der Waals surface area contributed by atoms with Crippen LogP contribution in [0.5, 0.6) is 0 Å². The van der Waals surface area contributed by atoms with E-state index >= 15 is 0 Å². The second kappa shape index (κ2) is 6.44. The van der Waals surface area contributed by atoms with Crippen LogP contribution in [0, 0.1) is 0 Å². The molecule has 0 saturated carbocycles. The van der Waals surface area contributed by atoms with Gasteiger partial charge in [0.2, 0.25) is 0 Å². The van der Waals surface area contributed by atoms with Crippen molar-refractivity contribution >= 4 is 11.4 Å². The summed E-state index contributed by atoms with van der Waals surface area (Å²) >= 11 is 0. The number of hydrogen-bond acceptors (Lipinski definition) is 7. The summed E-state index contributed by atoms with van der Waals surface area (Å²) in [7, 11) is 1.39. The van der Waals surface area contributed by atoms with Gasteiger partial charge < -0.3 is 19.7 Å². The molecule has 9 heteroatoms. The molecule has 9 nitrogen and oxygen atoms in total. The summed E-state index contributed by atoms with van der Waals surface area (Å²) in [5.74, 6) is -0.0887. The first-order valence-electron chi connectivity index (χ1n) is 7.52. The molecule has 0 bridgehead atoms. The van der Waals surface area contributed by atoms with Gasteiger partial charge in [-0.1, -0.05) is 0 Å². The summed E-state index contributed by atoms with van der Waals surface area (Å²) in [5, 5.41) is 19.4. The maximum atomic E-state index is 12.8. The first kappa shape index (κ1) is 16.8. The van der Waals surface area contributed by atoms with Gasteiger partial charge in [-0.2, -0.15) is 0 Å². The molecule has 1 aliphatic heterocycles. The first-order chi connectivity index (χ1) is 11.5. The lowest BCUT2D eigenvalue weighted by Gasteiger charge is -2.20. The van der Waals surface area contributed by atoms with E-state index in [-0.39, 0.29) is 12.2 Å². The molecule has 4 atom stereocenters. The fourth-order valence-electron chi connectivity index (χ4n) is 2.99. The number of imidazole rings is 1. The molecule has 0 radical (unpaired) electrons. The summed E-state index contributed by atoms with van der Waals surface area (Å²) < 4.78 is 13.4. The monoisotopic (exact) mass is 337 g/mol. The molecule has 0 aromatic carbocycles. The van der Waals surface area contributed by atoms with Gasteiger partial charge in [-0.25, -0.2) is 14.2 Å². The summed E-state index contributed by atoms with van der Waals surface area (Å²) in [6.07, 6.45) is -0.554. The molecule has 1 fully saturated rings. The lowest BCUT2D eigenvalue weighted by Crippen LogP contribution is -2.38. The summed E-state index contributed by atoms with van der Waals surface area (Å²) in [6.45, 7) is 1.04. The molecule has 3 rings (SSSR count). The van der Waals surface area contributed by atoms with Crippen LogP contribution < -0.4 is 5.69 Å². The van der Waals surface area contributed by atoms with Crippen molar-refractivity contribution < 1.29 is 24.5 Å². The smallest absolute Gasteiger partial charge is 0.336 e. The lowest BCUT2D eigenvalue weighted by molar-refractivity contribution is -0.116. The van der Waals surface area contributed by atoms with Crippen molar-refractivity contribution in [3.63, 3.8) is 0 Å². The van der Waals surface area contributed by atoms with Gasteiger partial charge in [0, 0.05) is 25.9 Å². The number of rotatable bonds is 5. The van der Waals surface area contributed by atoms with Crippen LogP contribution in [0.2, 0.25) is 0 Å². The van der Waals surface area contributed by atoms with E-state index in [1.54, 1.807) is 6.07 Å². The zero-order valence-corrected chi connectivity index (χ0v) is 13.3. The highest BCUT2D eigenvalue weighted by Crippen LogP contribution is 2.30. The second-order valence-electron chi connectivity index (χ2n) is 5.77. The number of carbonyl (C=O) groups is 1. The fourth-order valence-corrected chi connectivity index (χ4v) is 2.99. The number of Topliss-reactive ketones (excluding diaryl/α,β-unsaturated/α-hetero) is 1. The van der Waals surface area contributed by atoms with E-state index in [1.807, 2.05) is 0 Å². The van der Waals surface area contributed by atoms with Gasteiger partial charge in [0.15, 0.2) is 6.23 Å². The molecule has 3 heterocycles. The predicted octanol–water partition coefficient (Wildman–Crippen LogP) is -1.11. The number of fused-ring (bicyclic) bond motifs is 1. The maximum Gasteiger partial charge on any atom is 0.336 e. The van der Waals surface area contributed by atoms with Crippen LogP contribution in [0.1, 0.15) is 18.8 Å². The van der Waals surface area contributed by atoms with E-state index in [9.17, 15) is 19.8 Å². The fraction of sp³-hybridized carbons (Fsp3) is 0.533. The average molecular weight is 337 g/mol. The SMILES string of the molecule is CO[C@@H]1[C@H](O)[C@@H](CO)O[C@H]1n1ccc2ncc(CC(C)=O)n2c1=O. The summed E-state index contributed by atoms with van der Waals surface area (Å²) in [6, 6.07) is 1.61. The van der Waals surface area contributed by atoms with Crippen molar-refractivity contribution in [3.05, 3.63) is 34.6 Å². The van der Waals surface area contributed by atoms with Crippen molar-refractivity contribution in [2.45, 2.75) is 37.9 Å². The lowest BCUT2D eigenvalue weighted by atomic mass is 10.1. The Morgan fingerprint density at radius 3 is 2.88 bits per heavy atom. The van der Waals surface area contributed by atoms with E-state index in [2.05, 4.69) is 4.98 Å². The number of aliphatic hydroxyl groups excluding tert-OH is 2. The molecule has 0 unspecified atom stereocenters. The molecule has 2 aromatic rings. The Morgan fingerprint density at radius 1 is 1.50 bits per heavy atom. The molecule has 2 N–H and O–H groups in total. The first-order valence-corrected chi connectivity index (χ1v) is 7.52. The zero-order valence-electron chi connectivity index (χ0n) is 13.3. The Hall–Kier alpha value is -2.07. The number of methoxy groups -OCH3 is 1. The molecule has 2 aromatic heterocycles. The van der Waals surface area contributed by atoms with Crippen LogP contribution in [0.4, 0.5) is 0 Å². The molecule has 24 heavy (non-hydrogen) atoms. The number of ketones is 1. The van der Waals surface area contributed by atoms with Gasteiger partial charge in [-0.15, -0.1) is 0 Å². The summed E-state index contributed by atoms with van der Waals surface area (Å²) in [4.78, 5) is 28.3. The van der Waals surface area contributed by atoms with E-state index < -0.39 is 36.8 Å². The Kier molecular flexibility index (Phi) is 4.50. The molecule has 1 saturated heterocycles. The molecule has 130 valence electrons. The van der Waals surface area contributed by atoms with Gasteiger partial charge in [-0.3, -0.25) is 9.36 Å². The van der Waals surface area contributed by atoms with E-state index in [1.165, 1.54) is 35.4 Å². The quantitative estimate of drug-likeness (QED) is 0.711. The highest BCUT2D eigenvalue weighted by atomic mass is 16.6. The van der Waals surface area contributed by atoms with Crippen molar-refractivity contribution in [2.24, 2.45) is 0 Å². The van der Waals surface area contributed by atoms with E-state index in [0.29, 0.717) is 11.3 Å². The molecule has 0 amide bonds. The number of nitrogens with zero attached hydrogens (tertiary/aromatic N) is 3. The topological polar surface area (TPSA) is 115 Å². The van der Waals surface area contributed by atoms with Crippen LogP contribution >= 0.6 is 0 Å². The van der Waals surface area contributed by atoms with Crippen molar-refractivity contribution in [1.82, 2.24) is 14.0 Å². The number of carbonyl (C=O) groups excluding carboxylic acids is 1. The third kappa shape index (κ3) is 2.65. The zero-order chi connectivity index (χ0) is 17.4. The Bertz CT molecular complexity index is 813. The molecule has 0 aliphatic carbocycles. The van der Waals surface area contributed by atoms with Gasteiger partial charge in [0.05, 0.1) is 12.3 Å². The number of aliphatic hydroxyl groups is 2. The van der Waals surface area contributed by atoms with Gasteiger partial charge >= 0.3 is 5.69 Å². The minimum absolute atomic E-state index is 0.0849. The standard InChI is InChI=1S/C15H19N3O6/c1-8(20)5-9-6-16-11-3-4-17(15(22)18(9)11)14-13(23-2)12(21)10(7-19)24-14/h3-4,6,10,12-14,19,21H,5,7H2,1-2H3/t10-,12-,13-,14-/m1/s1. The number of ether oxygens (including phenoxy) is 2. The third-order valence-electron chi connectivity index (χ3n) is 4.13. The van der Waals surface area contributed by atoms with Crippen LogP contribution in [-0.4, -0.2) is 62.0 Å². The number of aromatic nitrogens is 3. The van der Waals surface area contributed by atoms with E-state index in [0.717, 1.165) is 0 Å². The predicted molar refractivity (Wildman–Crippen MR) is 81.6 cm³/mol. The molecular formula is C15H19N3O6. The van der Waals surface area contributed by atoms with Crippen molar-refractivity contribution in [2.75, 3.05) is 13.7 Å². The number of hydrogen-bond donors (Lipinski definition) is 2. The van der Waals surface area contributed by atoms with Gasteiger partial charge in [0.25, 0.3) is 0 Å². The Labute approximate surface area is 137 Å². The van der Waals surface area contributed by atoms with Crippen molar-refractivity contribution in [1.29, 1.82) is 0 Å². The van der Waals surface area contributed by atoms with Gasteiger partial charge in [-0.05, 0) is 13.0 Å². The normalized spacial score (nSPS) is 27.0. The highest BCUT2D eigenvalue weighted by Gasteiger charge is 2.45. The summed E-state index contributed by atoms with van der Waals surface area (Å²) in [5.41, 5.74) is 0.431. The minimum atomic E-state index is -1.06. The van der Waals surface area contributed by atoms with Crippen LogP contribution in [-0.2, 0) is 20.7 Å². The van der Waals surface area contributed by atoms with E-state index in [4.69, 9.17) is 9.47 Å². The van der Waals surface area contributed by atoms with Gasteiger partial charge in [0.1, 0.15) is 29.7 Å². The molecule has 0 spiro atoms. The largest absolute Gasteiger partial charge is 0.394 e. The van der Waals surface area contributed by atoms with Crippen LogP contribution in [0.15, 0.2) is 23.3 Å². The Morgan fingerprint density at radius 2 is 2.25 bits per heavy atom. The maximum absolute atomic E-state index is 12.8. The van der Waals surface area contributed by atoms with Crippen molar-refractivity contribution in [3.8, 4) is 0 Å². The average Bonchev–Trinajstić information content (AvgIpc) is 3.08. The second-order valence-corrected chi connectivity index (χ2v) is 5.77. The van der Waals surface area contributed by atoms with Crippen LogP contribution in [0.25, 0.3) is 5.65 Å². The van der Waals surface area contributed by atoms with Crippen LogP contribution in [0.3, 0.4) is 0 Å². The Balaban J connectivity index is 2.08. The molecular weight excluding hydrogens is 318 g/mol. The third-order valence-corrected chi connectivity index (χ3v) is 4.13. The molecule has 1 aliphatic rings.